The first-order valence-corrected chi connectivity index (χ1v) is 10.4. The summed E-state index contributed by atoms with van der Waals surface area (Å²) in [5.74, 6) is 0. The molecule has 0 atom stereocenters. The van der Waals surface area contributed by atoms with Crippen LogP contribution in [-0.4, -0.2) is 0 Å². The fourth-order valence-corrected chi connectivity index (χ4v) is 8.85. The van der Waals surface area contributed by atoms with Crippen LogP contribution in [0.25, 0.3) is 0 Å². The van der Waals surface area contributed by atoms with E-state index in [-0.39, 0.29) is 0 Å². The van der Waals surface area contributed by atoms with Crippen molar-refractivity contribution < 1.29 is 0 Å². The van der Waals surface area contributed by atoms with Crippen molar-refractivity contribution in [3.05, 3.63) is 27.8 Å². The maximum absolute atomic E-state index is 4.24. The lowest BCUT2D eigenvalue weighted by molar-refractivity contribution is 2.38. The third-order valence-corrected chi connectivity index (χ3v) is 10.1. The van der Waals surface area contributed by atoms with E-state index in [1.54, 1.807) is 47.0 Å². The van der Waals surface area contributed by atoms with Gasteiger partial charge >= 0.3 is 0 Å². The minimum absolute atomic E-state index is 1.24. The third kappa shape index (κ3) is 2.82. The Labute approximate surface area is 118 Å². The first-order chi connectivity index (χ1) is 6.85. The van der Waals surface area contributed by atoms with E-state index < -0.39 is 0 Å². The molecule has 0 saturated carbocycles. The quantitative estimate of drug-likeness (QED) is 0.479. The largest absolute Gasteiger partial charge is 0.106 e. The van der Waals surface area contributed by atoms with Crippen molar-refractivity contribution in [1.29, 1.82) is 0 Å². The first kappa shape index (κ1) is 12.5. The average molecular weight is 333 g/mol. The fraction of sp³-hybridized carbons (Fsp3) is 0. The Balaban J connectivity index is 2.14. The number of thiol groups is 2. The highest BCUT2D eigenvalue weighted by Crippen LogP contribution is 2.62. The molecule has 2 aliphatic heterocycles. The van der Waals surface area contributed by atoms with Gasteiger partial charge in [0.1, 0.15) is 0 Å². The van der Waals surface area contributed by atoms with Crippen molar-refractivity contribution in [2.24, 2.45) is 0 Å². The fourth-order valence-electron chi connectivity index (χ4n) is 0.771. The molecule has 0 aromatic rings. The summed E-state index contributed by atoms with van der Waals surface area (Å²) in [5, 5.41) is 4.24. The van der Waals surface area contributed by atoms with Gasteiger partial charge in [0.25, 0.3) is 0 Å². The molecule has 2 heterocycles. The summed E-state index contributed by atoms with van der Waals surface area (Å²) in [5.41, 5.74) is 0. The zero-order valence-corrected chi connectivity index (χ0v) is 13.2. The van der Waals surface area contributed by atoms with Crippen molar-refractivity contribution in [2.75, 3.05) is 0 Å². The van der Waals surface area contributed by atoms with Gasteiger partial charge in [-0.2, -0.15) is 0 Å². The van der Waals surface area contributed by atoms with E-state index in [0.29, 0.717) is 0 Å². The second kappa shape index (κ2) is 6.09. The Morgan fingerprint density at radius 2 is 1.36 bits per heavy atom. The van der Waals surface area contributed by atoms with Gasteiger partial charge in [-0.1, -0.05) is 68.6 Å². The van der Waals surface area contributed by atoms with E-state index in [4.69, 9.17) is 0 Å². The maximum Gasteiger partial charge on any atom is 0.0774 e. The van der Waals surface area contributed by atoms with Crippen molar-refractivity contribution in [3.63, 3.8) is 0 Å². The molecule has 0 aliphatic carbocycles. The lowest BCUT2D eigenvalue weighted by Gasteiger charge is -1.99. The molecule has 0 radical (unpaired) electrons. The van der Waals surface area contributed by atoms with Gasteiger partial charge in [0.15, 0.2) is 0 Å². The topological polar surface area (TPSA) is 0 Å². The summed E-state index contributed by atoms with van der Waals surface area (Å²) in [7, 11) is 3.00. The van der Waals surface area contributed by atoms with Crippen molar-refractivity contribution in [3.8, 4) is 0 Å². The van der Waals surface area contributed by atoms with Crippen LogP contribution in [0.4, 0.5) is 0 Å². The predicted molar refractivity (Wildman–Crippen MR) is 86.7 cm³/mol. The van der Waals surface area contributed by atoms with E-state index in [1.807, 2.05) is 0 Å². The van der Waals surface area contributed by atoms with Crippen LogP contribution in [-0.2, 0) is 0 Å². The van der Waals surface area contributed by atoms with Crippen LogP contribution in [0.1, 0.15) is 0 Å². The molecule has 8 heteroatoms. The van der Waals surface area contributed by atoms with Crippen LogP contribution < -0.4 is 0 Å². The monoisotopic (exact) mass is 332 g/mol. The summed E-state index contributed by atoms with van der Waals surface area (Å²) in [6, 6.07) is 0. The maximum atomic E-state index is 4.24. The summed E-state index contributed by atoms with van der Waals surface area (Å²) in [4.78, 5) is 0. The van der Waals surface area contributed by atoms with E-state index in [0.717, 1.165) is 0 Å². The minimum Gasteiger partial charge on any atom is -0.106 e. The van der Waals surface area contributed by atoms with Gasteiger partial charge in [-0.3, -0.25) is 0 Å². The van der Waals surface area contributed by atoms with Crippen LogP contribution in [0, 0.1) is 0 Å². The smallest absolute Gasteiger partial charge is 0.0774 e. The second-order valence-corrected chi connectivity index (χ2v) is 9.23. The predicted octanol–water partition coefficient (Wildman–Crippen LogP) is 5.83. The Bertz CT molecular complexity index is 299. The standard InChI is InChI=1S/C6H4S8/c7-13-5-6(14-8)12-4(11-5)3-9-1-2-10-3/h1-2,7-8H. The Morgan fingerprint density at radius 3 is 1.79 bits per heavy atom. The highest BCUT2D eigenvalue weighted by atomic mass is 33.1. The Morgan fingerprint density at radius 1 is 0.857 bits per heavy atom. The molecule has 0 bridgehead atoms. The number of thioether (sulfide) groups is 4. The molecule has 0 aromatic heterocycles. The molecule has 0 fully saturated rings. The summed E-state index contributed by atoms with van der Waals surface area (Å²) >= 11 is 15.7. The van der Waals surface area contributed by atoms with E-state index in [2.05, 4.69) is 34.1 Å². The summed E-state index contributed by atoms with van der Waals surface area (Å²) in [6.45, 7) is 0. The highest BCUT2D eigenvalue weighted by molar-refractivity contribution is 8.76. The van der Waals surface area contributed by atoms with Crippen LogP contribution in [0.15, 0.2) is 27.8 Å². The van der Waals surface area contributed by atoms with Gasteiger partial charge in [0, 0.05) is 0 Å². The summed E-state index contributed by atoms with van der Waals surface area (Å²) < 4.78 is 5.22. The van der Waals surface area contributed by atoms with Crippen molar-refractivity contribution >= 4 is 92.0 Å². The lowest BCUT2D eigenvalue weighted by atomic mass is 11.2. The first-order valence-electron chi connectivity index (χ1n) is 3.30. The van der Waals surface area contributed by atoms with E-state index >= 15 is 0 Å². The lowest BCUT2D eigenvalue weighted by Crippen LogP contribution is -1.64. The Hall–Kier alpha value is 2.02. The molecule has 0 amide bonds. The number of rotatable bonds is 2. The zero-order valence-electron chi connectivity index (χ0n) is 6.50. The molecule has 0 aromatic carbocycles. The normalized spacial score (nSPS) is 21.6. The molecule has 2 rings (SSSR count). The molecule has 0 saturated heterocycles. The number of hydrogen-bond acceptors (Lipinski definition) is 8. The van der Waals surface area contributed by atoms with Gasteiger partial charge in [0.05, 0.1) is 16.9 Å². The van der Waals surface area contributed by atoms with Crippen molar-refractivity contribution in [2.45, 2.75) is 0 Å². The molecule has 14 heavy (non-hydrogen) atoms. The van der Waals surface area contributed by atoms with E-state index in [1.165, 1.54) is 38.5 Å². The second-order valence-electron chi connectivity index (χ2n) is 2.04. The summed E-state index contributed by atoms with van der Waals surface area (Å²) in [6.07, 6.45) is 0. The van der Waals surface area contributed by atoms with Crippen LogP contribution in [0.3, 0.4) is 0 Å². The molecule has 76 valence electrons. The van der Waals surface area contributed by atoms with Crippen molar-refractivity contribution in [1.82, 2.24) is 0 Å². The molecule has 0 spiro atoms. The van der Waals surface area contributed by atoms with Gasteiger partial charge in [-0.25, -0.2) is 0 Å². The number of hydrogen-bond donors (Lipinski definition) is 2. The zero-order chi connectivity index (χ0) is 9.97. The third-order valence-electron chi connectivity index (χ3n) is 1.28. The molecule has 2 aliphatic rings. The molecule has 0 N–H and O–H groups in total. The van der Waals surface area contributed by atoms with Crippen LogP contribution >= 0.6 is 92.0 Å². The van der Waals surface area contributed by atoms with Gasteiger partial charge in [0.2, 0.25) is 0 Å². The average Bonchev–Trinajstić information content (AvgIpc) is 2.85. The Kier molecular flexibility index (Phi) is 5.43. The van der Waals surface area contributed by atoms with Crippen LogP contribution in [0.2, 0.25) is 0 Å². The SMILES string of the molecule is SSC1=C(SS)SC(=C2SC=CS2)S1. The molecule has 0 nitrogen and oxygen atoms in total. The van der Waals surface area contributed by atoms with Gasteiger partial charge < -0.3 is 0 Å². The highest BCUT2D eigenvalue weighted by Gasteiger charge is 2.24. The molecular weight excluding hydrogens is 329 g/mol. The van der Waals surface area contributed by atoms with E-state index in [9.17, 15) is 0 Å². The minimum atomic E-state index is 1.24. The van der Waals surface area contributed by atoms with Crippen LogP contribution in [0.5, 0.6) is 0 Å². The molecular formula is C6H4S8. The molecule has 0 unspecified atom stereocenters. The van der Waals surface area contributed by atoms with Gasteiger partial charge in [-0.15, -0.1) is 23.3 Å². The van der Waals surface area contributed by atoms with Gasteiger partial charge in [-0.05, 0) is 10.8 Å².